The van der Waals surface area contributed by atoms with Gasteiger partial charge in [0.2, 0.25) is 5.89 Å². The van der Waals surface area contributed by atoms with Gasteiger partial charge in [-0.1, -0.05) is 35.5 Å². The van der Waals surface area contributed by atoms with Gasteiger partial charge >= 0.3 is 0 Å². The van der Waals surface area contributed by atoms with Crippen molar-refractivity contribution in [2.45, 2.75) is 11.0 Å². The van der Waals surface area contributed by atoms with Crippen LogP contribution in [0.25, 0.3) is 11.5 Å². The minimum Gasteiger partial charge on any atom is -0.411 e. The third kappa shape index (κ3) is 3.62. The second kappa shape index (κ2) is 6.28. The number of hydrogen-bond acceptors (Lipinski definition) is 4. The van der Waals surface area contributed by atoms with Crippen LogP contribution in [-0.4, -0.2) is 10.2 Å². The van der Waals surface area contributed by atoms with E-state index >= 15 is 0 Å². The van der Waals surface area contributed by atoms with E-state index in [0.717, 1.165) is 5.56 Å². The Hall–Kier alpha value is -1.85. The number of aromatic nitrogens is 2. The molecule has 2 aromatic carbocycles. The molecule has 0 aliphatic heterocycles. The Labute approximate surface area is 130 Å². The summed E-state index contributed by atoms with van der Waals surface area (Å²) in [4.78, 5) is 0. The van der Waals surface area contributed by atoms with Crippen molar-refractivity contribution in [1.82, 2.24) is 10.2 Å². The van der Waals surface area contributed by atoms with Crippen molar-refractivity contribution < 1.29 is 8.81 Å². The smallest absolute Gasteiger partial charge is 0.277 e. The predicted octanol–water partition coefficient (Wildman–Crippen LogP) is 4.82. The van der Waals surface area contributed by atoms with E-state index < -0.39 is 0 Å². The summed E-state index contributed by atoms with van der Waals surface area (Å²) in [6.07, 6.45) is 0. The molecule has 106 valence electrons. The highest BCUT2D eigenvalue weighted by Gasteiger charge is 2.09. The summed E-state index contributed by atoms with van der Waals surface area (Å²) < 4.78 is 18.4. The third-order valence-electron chi connectivity index (χ3n) is 2.77. The quantitative estimate of drug-likeness (QED) is 0.646. The minimum atomic E-state index is -0.296. The Kier molecular flexibility index (Phi) is 4.22. The van der Waals surface area contributed by atoms with Crippen LogP contribution in [0.15, 0.2) is 58.2 Å². The van der Waals surface area contributed by atoms with Crippen LogP contribution in [-0.2, 0) is 5.75 Å². The first-order valence-corrected chi connectivity index (χ1v) is 7.54. The van der Waals surface area contributed by atoms with Crippen molar-refractivity contribution in [1.29, 1.82) is 0 Å². The molecule has 0 bridgehead atoms. The van der Waals surface area contributed by atoms with Gasteiger partial charge in [-0.25, -0.2) is 4.39 Å². The lowest BCUT2D eigenvalue weighted by Crippen LogP contribution is -1.79. The molecule has 0 N–H and O–H groups in total. The van der Waals surface area contributed by atoms with Gasteiger partial charge in [0.1, 0.15) is 5.82 Å². The third-order valence-corrected chi connectivity index (χ3v) is 3.91. The van der Waals surface area contributed by atoms with Gasteiger partial charge in [0, 0.05) is 16.3 Å². The molecule has 3 rings (SSSR count). The fourth-order valence-electron chi connectivity index (χ4n) is 1.70. The molecule has 0 spiro atoms. The van der Waals surface area contributed by atoms with Crippen LogP contribution in [0.1, 0.15) is 5.56 Å². The van der Waals surface area contributed by atoms with E-state index in [0.29, 0.717) is 27.5 Å². The highest BCUT2D eigenvalue weighted by molar-refractivity contribution is 7.98. The Morgan fingerprint density at radius 1 is 1.00 bits per heavy atom. The average Bonchev–Trinajstić information content (AvgIpc) is 2.96. The monoisotopic (exact) mass is 320 g/mol. The van der Waals surface area contributed by atoms with Gasteiger partial charge < -0.3 is 4.42 Å². The second-order valence-corrected chi connectivity index (χ2v) is 5.66. The van der Waals surface area contributed by atoms with E-state index in [1.54, 1.807) is 12.1 Å². The normalized spacial score (nSPS) is 10.8. The van der Waals surface area contributed by atoms with Crippen LogP contribution in [0, 0.1) is 5.82 Å². The van der Waals surface area contributed by atoms with E-state index in [4.69, 9.17) is 16.0 Å². The number of thioether (sulfide) groups is 1. The van der Waals surface area contributed by atoms with Crippen molar-refractivity contribution in [2.24, 2.45) is 0 Å². The number of rotatable bonds is 4. The standard InChI is InChI=1S/C15H10ClFN2OS/c16-12-5-1-10(2-6-12)9-21-15-19-18-14(20-15)11-3-7-13(17)8-4-11/h1-8H,9H2. The summed E-state index contributed by atoms with van der Waals surface area (Å²) >= 11 is 7.28. The summed E-state index contributed by atoms with van der Waals surface area (Å²) in [6, 6.07) is 13.5. The fraction of sp³-hybridized carbons (Fsp3) is 0.0667. The summed E-state index contributed by atoms with van der Waals surface area (Å²) in [5.41, 5.74) is 1.81. The highest BCUT2D eigenvalue weighted by Crippen LogP contribution is 2.26. The summed E-state index contributed by atoms with van der Waals surface area (Å²) in [5.74, 6) is 0.798. The van der Waals surface area contributed by atoms with Gasteiger partial charge in [0.05, 0.1) is 0 Å². The molecule has 21 heavy (non-hydrogen) atoms. The maximum Gasteiger partial charge on any atom is 0.277 e. The first-order valence-electron chi connectivity index (χ1n) is 6.17. The molecule has 0 saturated carbocycles. The first-order chi connectivity index (χ1) is 10.2. The van der Waals surface area contributed by atoms with Crippen molar-refractivity contribution in [3.63, 3.8) is 0 Å². The van der Waals surface area contributed by atoms with Crippen LogP contribution >= 0.6 is 23.4 Å². The average molecular weight is 321 g/mol. The highest BCUT2D eigenvalue weighted by atomic mass is 35.5. The Bertz CT molecular complexity index is 728. The summed E-state index contributed by atoms with van der Waals surface area (Å²) in [7, 11) is 0. The molecule has 0 saturated heterocycles. The maximum atomic E-state index is 12.9. The van der Waals surface area contributed by atoms with Crippen LogP contribution in [0.2, 0.25) is 5.02 Å². The lowest BCUT2D eigenvalue weighted by atomic mass is 10.2. The van der Waals surface area contributed by atoms with E-state index in [1.807, 2.05) is 24.3 Å². The zero-order chi connectivity index (χ0) is 14.7. The van der Waals surface area contributed by atoms with Crippen LogP contribution in [0.5, 0.6) is 0 Å². The molecule has 0 aliphatic rings. The van der Waals surface area contributed by atoms with Gasteiger partial charge in [-0.15, -0.1) is 10.2 Å². The molecular formula is C15H10ClFN2OS. The molecule has 1 heterocycles. The van der Waals surface area contributed by atoms with Gasteiger partial charge in [-0.05, 0) is 42.0 Å². The molecule has 0 unspecified atom stereocenters. The molecule has 0 atom stereocenters. The van der Waals surface area contributed by atoms with E-state index in [-0.39, 0.29) is 5.82 Å². The number of halogens is 2. The zero-order valence-corrected chi connectivity index (χ0v) is 12.4. The van der Waals surface area contributed by atoms with Crippen LogP contribution in [0.3, 0.4) is 0 Å². The zero-order valence-electron chi connectivity index (χ0n) is 10.8. The van der Waals surface area contributed by atoms with Gasteiger partial charge in [0.15, 0.2) is 0 Å². The first kappa shape index (κ1) is 14.1. The molecule has 0 radical (unpaired) electrons. The van der Waals surface area contributed by atoms with Crippen LogP contribution in [0.4, 0.5) is 4.39 Å². The summed E-state index contributed by atoms with van der Waals surface area (Å²) in [5, 5.41) is 9.12. The number of benzene rings is 2. The van der Waals surface area contributed by atoms with Crippen molar-refractivity contribution in [2.75, 3.05) is 0 Å². The van der Waals surface area contributed by atoms with Crippen molar-refractivity contribution in [3.05, 3.63) is 64.9 Å². The minimum absolute atomic E-state index is 0.296. The Balaban J connectivity index is 1.67. The fourth-order valence-corrected chi connectivity index (χ4v) is 2.55. The maximum absolute atomic E-state index is 12.9. The van der Waals surface area contributed by atoms with Gasteiger partial charge in [0.25, 0.3) is 5.22 Å². The Morgan fingerprint density at radius 2 is 1.71 bits per heavy atom. The molecule has 0 amide bonds. The SMILES string of the molecule is Fc1ccc(-c2nnc(SCc3ccc(Cl)cc3)o2)cc1. The van der Waals surface area contributed by atoms with Crippen molar-refractivity contribution in [3.8, 4) is 11.5 Å². The molecular weight excluding hydrogens is 311 g/mol. The summed E-state index contributed by atoms with van der Waals surface area (Å²) in [6.45, 7) is 0. The molecule has 1 aromatic heterocycles. The number of nitrogens with zero attached hydrogens (tertiary/aromatic N) is 2. The molecule has 0 fully saturated rings. The van der Waals surface area contributed by atoms with Gasteiger partial charge in [-0.2, -0.15) is 0 Å². The Morgan fingerprint density at radius 3 is 2.43 bits per heavy atom. The molecule has 3 nitrogen and oxygen atoms in total. The second-order valence-electron chi connectivity index (χ2n) is 4.30. The van der Waals surface area contributed by atoms with E-state index in [1.165, 1.54) is 23.9 Å². The molecule has 3 aromatic rings. The molecule has 6 heteroatoms. The lowest BCUT2D eigenvalue weighted by molar-refractivity contribution is 0.465. The molecule has 0 aliphatic carbocycles. The van der Waals surface area contributed by atoms with Crippen molar-refractivity contribution >= 4 is 23.4 Å². The van der Waals surface area contributed by atoms with Gasteiger partial charge in [-0.3, -0.25) is 0 Å². The van der Waals surface area contributed by atoms with E-state index in [2.05, 4.69) is 10.2 Å². The largest absolute Gasteiger partial charge is 0.411 e. The van der Waals surface area contributed by atoms with Crippen LogP contribution < -0.4 is 0 Å². The predicted molar refractivity (Wildman–Crippen MR) is 80.7 cm³/mol. The lowest BCUT2D eigenvalue weighted by Gasteiger charge is -1.98. The number of hydrogen-bond donors (Lipinski definition) is 0. The topological polar surface area (TPSA) is 38.9 Å². The van der Waals surface area contributed by atoms with E-state index in [9.17, 15) is 4.39 Å².